The smallest absolute Gasteiger partial charge is 0.389 e. The van der Waals surface area contributed by atoms with E-state index in [2.05, 4.69) is 0 Å². The molecule has 0 bridgehead atoms. The van der Waals surface area contributed by atoms with Gasteiger partial charge >= 0.3 is 12.1 Å². The highest BCUT2D eigenvalue weighted by Crippen LogP contribution is 2.29. The van der Waals surface area contributed by atoms with Crippen LogP contribution in [-0.4, -0.2) is 48.3 Å². The summed E-state index contributed by atoms with van der Waals surface area (Å²) in [6, 6.07) is -1.17. The summed E-state index contributed by atoms with van der Waals surface area (Å²) < 4.78 is 61.2. The van der Waals surface area contributed by atoms with Gasteiger partial charge < -0.3 is 5.11 Å². The Kier molecular flexibility index (Phi) is 6.03. The molecule has 0 aromatic heterocycles. The number of aliphatic carboxylic acids is 1. The zero-order chi connectivity index (χ0) is 16.3. The highest BCUT2D eigenvalue weighted by Gasteiger charge is 2.39. The molecule has 21 heavy (non-hydrogen) atoms. The van der Waals surface area contributed by atoms with Crippen molar-refractivity contribution in [3.8, 4) is 0 Å². The summed E-state index contributed by atoms with van der Waals surface area (Å²) in [7, 11) is -3.98. The number of alkyl halides is 3. The molecule has 124 valence electrons. The monoisotopic (exact) mass is 331 g/mol. The lowest BCUT2D eigenvalue weighted by atomic mass is 9.90. The third kappa shape index (κ3) is 5.46. The van der Waals surface area contributed by atoms with Crippen LogP contribution in [0.3, 0.4) is 0 Å². The Balaban J connectivity index is 2.73. The molecule has 0 saturated carbocycles. The zero-order valence-corrected chi connectivity index (χ0v) is 12.6. The van der Waals surface area contributed by atoms with Gasteiger partial charge in [0.1, 0.15) is 6.04 Å². The standard InChI is InChI=1S/C12H20F3NO4S/c1-2-9-4-6-16(10(8-9)11(17)18)21(19,20)7-3-5-12(13,14)15/h9-10H,2-8H2,1H3,(H,17,18). The Hall–Kier alpha value is -0.830. The van der Waals surface area contributed by atoms with Gasteiger partial charge in [0.15, 0.2) is 0 Å². The third-order valence-electron chi connectivity index (χ3n) is 3.74. The Labute approximate surface area is 122 Å². The van der Waals surface area contributed by atoms with E-state index in [0.29, 0.717) is 6.42 Å². The van der Waals surface area contributed by atoms with Crippen molar-refractivity contribution in [3.63, 3.8) is 0 Å². The van der Waals surface area contributed by atoms with Gasteiger partial charge in [-0.25, -0.2) is 8.42 Å². The normalized spacial score (nSPS) is 25.0. The fraction of sp³-hybridized carbons (Fsp3) is 0.917. The molecule has 1 rings (SSSR count). The SMILES string of the molecule is CCC1CCN(S(=O)(=O)CCCC(F)(F)F)C(C(=O)O)C1. The van der Waals surface area contributed by atoms with E-state index in [1.807, 2.05) is 6.92 Å². The van der Waals surface area contributed by atoms with Crippen molar-refractivity contribution in [3.05, 3.63) is 0 Å². The van der Waals surface area contributed by atoms with Gasteiger partial charge in [-0.3, -0.25) is 4.79 Å². The van der Waals surface area contributed by atoms with Crippen molar-refractivity contribution in [1.82, 2.24) is 4.31 Å². The fourth-order valence-corrected chi connectivity index (χ4v) is 4.21. The summed E-state index contributed by atoms with van der Waals surface area (Å²) in [6.07, 6.45) is -4.63. The summed E-state index contributed by atoms with van der Waals surface area (Å²) >= 11 is 0. The van der Waals surface area contributed by atoms with Gasteiger partial charge in [-0.05, 0) is 25.2 Å². The molecule has 0 amide bonds. The first-order valence-corrected chi connectivity index (χ1v) is 8.47. The van der Waals surface area contributed by atoms with Crippen LogP contribution in [0.15, 0.2) is 0 Å². The number of piperidine rings is 1. The lowest BCUT2D eigenvalue weighted by molar-refractivity contribution is -0.143. The zero-order valence-electron chi connectivity index (χ0n) is 11.8. The number of hydrogen-bond donors (Lipinski definition) is 1. The van der Waals surface area contributed by atoms with E-state index < -0.39 is 46.8 Å². The van der Waals surface area contributed by atoms with Gasteiger partial charge in [-0.2, -0.15) is 17.5 Å². The largest absolute Gasteiger partial charge is 0.480 e. The van der Waals surface area contributed by atoms with Crippen molar-refractivity contribution in [2.24, 2.45) is 5.92 Å². The van der Waals surface area contributed by atoms with E-state index in [1.54, 1.807) is 0 Å². The van der Waals surface area contributed by atoms with E-state index in [4.69, 9.17) is 5.11 Å². The molecule has 2 atom stereocenters. The maximum atomic E-state index is 12.1. The van der Waals surface area contributed by atoms with Crippen LogP contribution >= 0.6 is 0 Å². The minimum atomic E-state index is -4.41. The number of nitrogens with zero attached hydrogens (tertiary/aromatic N) is 1. The van der Waals surface area contributed by atoms with Crippen LogP contribution in [0.2, 0.25) is 0 Å². The van der Waals surface area contributed by atoms with E-state index in [9.17, 15) is 26.4 Å². The van der Waals surface area contributed by atoms with Crippen LogP contribution in [0.25, 0.3) is 0 Å². The molecule has 9 heteroatoms. The van der Waals surface area contributed by atoms with Crippen molar-refractivity contribution in [1.29, 1.82) is 0 Å². The Morgan fingerprint density at radius 2 is 2.00 bits per heavy atom. The Morgan fingerprint density at radius 3 is 2.48 bits per heavy atom. The maximum Gasteiger partial charge on any atom is 0.389 e. The predicted octanol–water partition coefficient (Wildman–Crippen LogP) is 2.23. The number of halogens is 3. The maximum absolute atomic E-state index is 12.1. The van der Waals surface area contributed by atoms with Crippen molar-refractivity contribution >= 4 is 16.0 Å². The number of sulfonamides is 1. The first-order chi connectivity index (χ1) is 9.57. The van der Waals surface area contributed by atoms with Gasteiger partial charge in [0.05, 0.1) is 5.75 Å². The molecule has 0 spiro atoms. The molecule has 0 radical (unpaired) electrons. The molecular formula is C12H20F3NO4S. The number of rotatable bonds is 6. The molecule has 1 heterocycles. The molecule has 1 aliphatic rings. The molecule has 0 aromatic carbocycles. The second-order valence-corrected chi connectivity index (χ2v) is 7.34. The summed E-state index contributed by atoms with van der Waals surface area (Å²) in [6.45, 7) is 1.96. The van der Waals surface area contributed by atoms with Crippen LogP contribution in [0.1, 0.15) is 39.0 Å². The van der Waals surface area contributed by atoms with Crippen molar-refractivity contribution in [2.45, 2.75) is 51.2 Å². The van der Waals surface area contributed by atoms with Gasteiger partial charge in [-0.15, -0.1) is 0 Å². The summed E-state index contributed by atoms with van der Waals surface area (Å²) in [5.41, 5.74) is 0. The quantitative estimate of drug-likeness (QED) is 0.810. The lowest BCUT2D eigenvalue weighted by Gasteiger charge is -2.36. The van der Waals surface area contributed by atoms with Crippen molar-refractivity contribution in [2.75, 3.05) is 12.3 Å². The molecule has 0 aliphatic carbocycles. The van der Waals surface area contributed by atoms with Crippen LogP contribution < -0.4 is 0 Å². The number of hydrogen-bond acceptors (Lipinski definition) is 3. The van der Waals surface area contributed by atoms with E-state index in [0.717, 1.165) is 10.7 Å². The number of carboxylic acids is 1. The average molecular weight is 331 g/mol. The Morgan fingerprint density at radius 1 is 1.38 bits per heavy atom. The van der Waals surface area contributed by atoms with Crippen molar-refractivity contribution < 1.29 is 31.5 Å². The molecule has 0 aromatic rings. The van der Waals surface area contributed by atoms with E-state index in [1.165, 1.54) is 0 Å². The van der Waals surface area contributed by atoms with Gasteiger partial charge in [0.25, 0.3) is 0 Å². The molecule has 1 aliphatic heterocycles. The second-order valence-electron chi connectivity index (χ2n) is 5.30. The predicted molar refractivity (Wildman–Crippen MR) is 70.2 cm³/mol. The summed E-state index contributed by atoms with van der Waals surface area (Å²) in [5, 5.41) is 9.15. The molecule has 1 fully saturated rings. The fourth-order valence-electron chi connectivity index (χ4n) is 2.52. The molecule has 5 nitrogen and oxygen atoms in total. The summed E-state index contributed by atoms with van der Waals surface area (Å²) in [4.78, 5) is 11.2. The second kappa shape index (κ2) is 6.95. The van der Waals surface area contributed by atoms with Crippen LogP contribution in [0, 0.1) is 5.92 Å². The van der Waals surface area contributed by atoms with E-state index >= 15 is 0 Å². The highest BCUT2D eigenvalue weighted by atomic mass is 32.2. The van der Waals surface area contributed by atoms with Crippen LogP contribution in [0.5, 0.6) is 0 Å². The van der Waals surface area contributed by atoms with Gasteiger partial charge in [0.2, 0.25) is 10.0 Å². The lowest BCUT2D eigenvalue weighted by Crippen LogP contribution is -2.50. The first-order valence-electron chi connectivity index (χ1n) is 6.86. The van der Waals surface area contributed by atoms with Gasteiger partial charge in [0, 0.05) is 13.0 Å². The molecule has 1 N–H and O–H groups in total. The number of carboxylic acid groups (broad SMARTS) is 1. The Bertz CT molecular complexity index is 464. The highest BCUT2D eigenvalue weighted by molar-refractivity contribution is 7.89. The molecule has 2 unspecified atom stereocenters. The minimum absolute atomic E-state index is 0.0593. The first kappa shape index (κ1) is 18.2. The molecule has 1 saturated heterocycles. The van der Waals surface area contributed by atoms with Crippen LogP contribution in [0.4, 0.5) is 13.2 Å². The molecular weight excluding hydrogens is 311 g/mol. The van der Waals surface area contributed by atoms with Gasteiger partial charge in [-0.1, -0.05) is 13.3 Å². The van der Waals surface area contributed by atoms with E-state index in [-0.39, 0.29) is 18.9 Å². The average Bonchev–Trinajstić information content (AvgIpc) is 2.36. The minimum Gasteiger partial charge on any atom is -0.480 e. The third-order valence-corrected chi connectivity index (χ3v) is 5.70. The topological polar surface area (TPSA) is 74.7 Å². The van der Waals surface area contributed by atoms with Crippen LogP contribution in [-0.2, 0) is 14.8 Å². The number of carbonyl (C=O) groups is 1. The summed E-state index contributed by atoms with van der Waals surface area (Å²) in [5.74, 6) is -1.78.